The number of hydrogen-bond donors (Lipinski definition) is 1. The van der Waals surface area contributed by atoms with Crippen LogP contribution in [0.15, 0.2) is 24.3 Å². The van der Waals surface area contributed by atoms with E-state index in [2.05, 4.69) is 15.5 Å². The minimum atomic E-state index is -0.325. The largest absolute Gasteiger partial charge is 0.333 e. The van der Waals surface area contributed by atoms with Gasteiger partial charge < -0.3 is 10.2 Å². The van der Waals surface area contributed by atoms with Crippen molar-refractivity contribution in [1.29, 1.82) is 0 Å². The van der Waals surface area contributed by atoms with Crippen molar-refractivity contribution in [2.45, 2.75) is 39.2 Å². The fourth-order valence-corrected chi connectivity index (χ4v) is 4.08. The summed E-state index contributed by atoms with van der Waals surface area (Å²) in [5, 5.41) is 12.5. The quantitative estimate of drug-likeness (QED) is 0.829. The molecule has 0 spiro atoms. The molecule has 1 saturated heterocycles. The van der Waals surface area contributed by atoms with Gasteiger partial charge in [0.05, 0.1) is 6.04 Å². The standard InChI is InChI=1S/C18H21ClN4O2S/c1-11(2)9-15(24)23-8-4-7-14(23)17-21-22-18(26-17)16(25)20-13-6-3-5-12(19)10-13/h3,5-6,10-11,14H,4,7-9H2,1-2H3,(H,20,25). The van der Waals surface area contributed by atoms with E-state index in [1.54, 1.807) is 24.3 Å². The van der Waals surface area contributed by atoms with E-state index in [1.165, 1.54) is 11.3 Å². The van der Waals surface area contributed by atoms with Gasteiger partial charge in [-0.15, -0.1) is 10.2 Å². The molecule has 1 atom stereocenters. The summed E-state index contributed by atoms with van der Waals surface area (Å²) in [6.45, 7) is 4.80. The van der Waals surface area contributed by atoms with Gasteiger partial charge in [-0.1, -0.05) is 42.9 Å². The normalized spacial score (nSPS) is 16.9. The van der Waals surface area contributed by atoms with Gasteiger partial charge in [0.2, 0.25) is 10.9 Å². The molecule has 2 amide bonds. The summed E-state index contributed by atoms with van der Waals surface area (Å²) in [7, 11) is 0. The second-order valence-corrected chi connectivity index (χ2v) is 8.20. The molecule has 3 rings (SSSR count). The van der Waals surface area contributed by atoms with Crippen molar-refractivity contribution in [1.82, 2.24) is 15.1 Å². The molecule has 0 radical (unpaired) electrons. The summed E-state index contributed by atoms with van der Waals surface area (Å²) in [4.78, 5) is 26.7. The SMILES string of the molecule is CC(C)CC(=O)N1CCCC1c1nnc(C(=O)Nc2cccc(Cl)c2)s1. The molecule has 2 heterocycles. The molecule has 138 valence electrons. The van der Waals surface area contributed by atoms with Gasteiger partial charge in [0, 0.05) is 23.7 Å². The monoisotopic (exact) mass is 392 g/mol. The molecule has 26 heavy (non-hydrogen) atoms. The predicted octanol–water partition coefficient (Wildman–Crippen LogP) is 4.15. The maximum atomic E-state index is 12.4. The van der Waals surface area contributed by atoms with E-state index in [4.69, 9.17) is 11.6 Å². The number of hydrogen-bond acceptors (Lipinski definition) is 5. The molecule has 1 aromatic heterocycles. The Hall–Kier alpha value is -1.99. The molecule has 1 fully saturated rings. The highest BCUT2D eigenvalue weighted by molar-refractivity contribution is 7.13. The first-order valence-electron chi connectivity index (χ1n) is 8.64. The first-order chi connectivity index (χ1) is 12.4. The fraction of sp³-hybridized carbons (Fsp3) is 0.444. The molecule has 1 N–H and O–H groups in total. The number of halogens is 1. The molecule has 1 aliphatic heterocycles. The summed E-state index contributed by atoms with van der Waals surface area (Å²) >= 11 is 7.17. The number of anilines is 1. The van der Waals surface area contributed by atoms with E-state index in [1.807, 2.05) is 18.7 Å². The highest BCUT2D eigenvalue weighted by atomic mass is 35.5. The van der Waals surface area contributed by atoms with E-state index in [0.29, 0.717) is 23.0 Å². The highest BCUT2D eigenvalue weighted by Gasteiger charge is 2.33. The van der Waals surface area contributed by atoms with Crippen LogP contribution in [0.5, 0.6) is 0 Å². The Morgan fingerprint density at radius 3 is 2.92 bits per heavy atom. The maximum absolute atomic E-state index is 12.4. The van der Waals surface area contributed by atoms with Crippen molar-refractivity contribution in [3.05, 3.63) is 39.3 Å². The number of nitrogens with zero attached hydrogens (tertiary/aromatic N) is 3. The maximum Gasteiger partial charge on any atom is 0.286 e. The third-order valence-corrected chi connectivity index (χ3v) is 5.42. The van der Waals surface area contributed by atoms with Gasteiger partial charge in [-0.2, -0.15) is 0 Å². The first kappa shape index (κ1) is 18.8. The topological polar surface area (TPSA) is 75.2 Å². The van der Waals surface area contributed by atoms with Crippen molar-refractivity contribution < 1.29 is 9.59 Å². The van der Waals surface area contributed by atoms with E-state index in [-0.39, 0.29) is 22.9 Å². The zero-order chi connectivity index (χ0) is 18.7. The predicted molar refractivity (Wildman–Crippen MR) is 102 cm³/mol. The number of rotatable bonds is 5. The van der Waals surface area contributed by atoms with Crippen molar-refractivity contribution in [2.24, 2.45) is 5.92 Å². The molecular formula is C18H21ClN4O2S. The summed E-state index contributed by atoms with van der Waals surface area (Å²) < 4.78 is 0. The van der Waals surface area contributed by atoms with Gasteiger partial charge >= 0.3 is 0 Å². The van der Waals surface area contributed by atoms with Crippen molar-refractivity contribution in [3.63, 3.8) is 0 Å². The van der Waals surface area contributed by atoms with Crippen LogP contribution in [0, 0.1) is 5.92 Å². The lowest BCUT2D eigenvalue weighted by atomic mass is 10.1. The van der Waals surface area contributed by atoms with Crippen molar-refractivity contribution in [2.75, 3.05) is 11.9 Å². The number of nitrogens with one attached hydrogen (secondary N) is 1. The number of amides is 2. The Bertz CT molecular complexity index is 808. The zero-order valence-electron chi connectivity index (χ0n) is 14.7. The lowest BCUT2D eigenvalue weighted by Crippen LogP contribution is -2.31. The van der Waals surface area contributed by atoms with Gasteiger partial charge in [0.15, 0.2) is 0 Å². The van der Waals surface area contributed by atoms with Crippen LogP contribution < -0.4 is 5.32 Å². The highest BCUT2D eigenvalue weighted by Crippen LogP contribution is 2.34. The van der Waals surface area contributed by atoms with E-state index in [9.17, 15) is 9.59 Å². The Morgan fingerprint density at radius 1 is 1.38 bits per heavy atom. The van der Waals surface area contributed by atoms with Gasteiger partial charge in [-0.25, -0.2) is 0 Å². The second-order valence-electron chi connectivity index (χ2n) is 6.75. The van der Waals surface area contributed by atoms with E-state index >= 15 is 0 Å². The van der Waals surface area contributed by atoms with Gasteiger partial charge in [-0.3, -0.25) is 9.59 Å². The van der Waals surface area contributed by atoms with Crippen LogP contribution in [0.1, 0.15) is 54.0 Å². The number of carbonyl (C=O) groups excluding carboxylic acids is 2. The molecule has 0 saturated carbocycles. The van der Waals surface area contributed by atoms with Gasteiger partial charge in [0.25, 0.3) is 5.91 Å². The average Bonchev–Trinajstić information content (AvgIpc) is 3.23. The lowest BCUT2D eigenvalue weighted by molar-refractivity contribution is -0.132. The van der Waals surface area contributed by atoms with Crippen molar-refractivity contribution >= 4 is 40.4 Å². The Labute approximate surface area is 161 Å². The number of aromatic nitrogens is 2. The lowest BCUT2D eigenvalue weighted by Gasteiger charge is -2.23. The molecule has 0 aliphatic carbocycles. The summed E-state index contributed by atoms with van der Waals surface area (Å²) in [6, 6.07) is 6.86. The third-order valence-electron chi connectivity index (χ3n) is 4.16. The van der Waals surface area contributed by atoms with E-state index < -0.39 is 0 Å². The second kappa shape index (κ2) is 8.14. The molecular weight excluding hydrogens is 372 g/mol. The Morgan fingerprint density at radius 2 is 2.19 bits per heavy atom. The average molecular weight is 393 g/mol. The van der Waals surface area contributed by atoms with Gasteiger partial charge in [0.1, 0.15) is 5.01 Å². The molecule has 0 bridgehead atoms. The van der Waals surface area contributed by atoms with Crippen LogP contribution in [0.25, 0.3) is 0 Å². The number of likely N-dealkylation sites (tertiary alicyclic amines) is 1. The Balaban J connectivity index is 1.70. The summed E-state index contributed by atoms with van der Waals surface area (Å²) in [5.74, 6) is 0.133. The van der Waals surface area contributed by atoms with Crippen molar-refractivity contribution in [3.8, 4) is 0 Å². The van der Waals surface area contributed by atoms with Crippen LogP contribution in [0.3, 0.4) is 0 Å². The molecule has 1 unspecified atom stereocenters. The van der Waals surface area contributed by atoms with Crippen LogP contribution in [-0.2, 0) is 4.79 Å². The minimum absolute atomic E-state index is 0.0773. The van der Waals surface area contributed by atoms with Gasteiger partial charge in [-0.05, 0) is 37.0 Å². The smallest absolute Gasteiger partial charge is 0.286 e. The number of benzene rings is 1. The molecule has 1 aliphatic rings. The first-order valence-corrected chi connectivity index (χ1v) is 9.83. The summed E-state index contributed by atoms with van der Waals surface area (Å²) in [5.41, 5.74) is 0.605. The molecule has 8 heteroatoms. The van der Waals surface area contributed by atoms with E-state index in [0.717, 1.165) is 24.4 Å². The van der Waals surface area contributed by atoms with Crippen LogP contribution in [0.2, 0.25) is 5.02 Å². The molecule has 6 nitrogen and oxygen atoms in total. The van der Waals surface area contributed by atoms with Crippen LogP contribution in [0.4, 0.5) is 5.69 Å². The van der Waals surface area contributed by atoms with Crippen LogP contribution in [-0.4, -0.2) is 33.5 Å². The molecule has 2 aromatic rings. The summed E-state index contributed by atoms with van der Waals surface area (Å²) in [6.07, 6.45) is 2.32. The number of carbonyl (C=O) groups is 2. The fourth-order valence-electron chi connectivity index (χ4n) is 3.00. The molecule has 1 aromatic carbocycles. The Kier molecular flexibility index (Phi) is 5.88. The van der Waals surface area contributed by atoms with Crippen LogP contribution >= 0.6 is 22.9 Å². The zero-order valence-corrected chi connectivity index (χ0v) is 16.3. The third kappa shape index (κ3) is 4.40. The minimum Gasteiger partial charge on any atom is -0.333 e.